The average Bonchev–Trinajstić information content (AvgIpc) is 2.73. The Morgan fingerprint density at radius 1 is 1.19 bits per heavy atom. The fourth-order valence-corrected chi connectivity index (χ4v) is 4.05. The van der Waals surface area contributed by atoms with Gasteiger partial charge in [0.2, 0.25) is 0 Å². The lowest BCUT2D eigenvalue weighted by Crippen LogP contribution is -2.37. The molecule has 0 bridgehead atoms. The first kappa shape index (κ1) is 17.8. The number of fused-ring (bicyclic) bond motifs is 1. The Morgan fingerprint density at radius 3 is 2.59 bits per heavy atom. The Balaban J connectivity index is 1.81. The summed E-state index contributed by atoms with van der Waals surface area (Å²) in [6, 6.07) is 8.12. The van der Waals surface area contributed by atoms with E-state index < -0.39 is 0 Å². The van der Waals surface area contributed by atoms with Gasteiger partial charge in [-0.05, 0) is 37.0 Å². The first-order valence-corrected chi connectivity index (χ1v) is 9.50. The summed E-state index contributed by atoms with van der Waals surface area (Å²) in [6.07, 6.45) is 1.72. The van der Waals surface area contributed by atoms with E-state index in [-0.39, 0.29) is 17.7 Å². The van der Waals surface area contributed by atoms with Crippen LogP contribution in [0.5, 0.6) is 0 Å². The molecule has 4 rings (SSSR count). The molecule has 2 aromatic rings. The fourth-order valence-electron chi connectivity index (χ4n) is 4.05. The summed E-state index contributed by atoms with van der Waals surface area (Å²) >= 11 is 0. The van der Waals surface area contributed by atoms with Crippen LogP contribution in [-0.4, -0.2) is 56.1 Å². The van der Waals surface area contributed by atoms with Crippen LogP contribution in [0.25, 0.3) is 10.9 Å². The molecule has 0 amide bonds. The van der Waals surface area contributed by atoms with Crippen molar-refractivity contribution in [3.63, 3.8) is 0 Å². The van der Waals surface area contributed by atoms with Crippen LogP contribution in [0.4, 0.5) is 11.4 Å². The third-order valence-corrected chi connectivity index (χ3v) is 5.65. The van der Waals surface area contributed by atoms with E-state index in [1.165, 1.54) is 0 Å². The molecule has 3 heterocycles. The number of aliphatic hydroxyl groups excluding tert-OH is 1. The second-order valence-electron chi connectivity index (χ2n) is 7.23. The maximum Gasteiger partial charge on any atom is 0.268 e. The number of nitrogens with zero attached hydrogens (tertiary/aromatic N) is 3. The van der Waals surface area contributed by atoms with Gasteiger partial charge in [-0.1, -0.05) is 0 Å². The summed E-state index contributed by atoms with van der Waals surface area (Å²) in [5.74, 6) is 0.295. The molecule has 142 valence electrons. The van der Waals surface area contributed by atoms with Crippen LogP contribution >= 0.6 is 0 Å². The number of nitriles is 1. The zero-order chi connectivity index (χ0) is 18.8. The van der Waals surface area contributed by atoms with Crippen molar-refractivity contribution in [2.75, 3.05) is 55.8 Å². The SMILES string of the molecule is N#Cc1c(N2CCC(CO)CC2)c2cc(N3CCOCC3)ccc2[nH]c1=O. The van der Waals surface area contributed by atoms with Crippen molar-refractivity contribution in [3.05, 3.63) is 34.1 Å². The molecule has 2 aliphatic rings. The van der Waals surface area contributed by atoms with Gasteiger partial charge >= 0.3 is 0 Å². The Labute approximate surface area is 157 Å². The van der Waals surface area contributed by atoms with Gasteiger partial charge in [0.15, 0.2) is 0 Å². The summed E-state index contributed by atoms with van der Waals surface area (Å²) in [4.78, 5) is 19.7. The lowest BCUT2D eigenvalue weighted by Gasteiger charge is -2.34. The van der Waals surface area contributed by atoms with Crippen molar-refractivity contribution in [1.82, 2.24) is 4.98 Å². The minimum Gasteiger partial charge on any atom is -0.396 e. The Morgan fingerprint density at radius 2 is 1.93 bits per heavy atom. The third-order valence-electron chi connectivity index (χ3n) is 5.65. The van der Waals surface area contributed by atoms with E-state index in [4.69, 9.17) is 4.74 Å². The van der Waals surface area contributed by atoms with E-state index in [1.54, 1.807) is 0 Å². The van der Waals surface area contributed by atoms with Crippen molar-refractivity contribution in [1.29, 1.82) is 5.26 Å². The number of aliphatic hydroxyl groups is 1. The van der Waals surface area contributed by atoms with Crippen molar-refractivity contribution in [2.45, 2.75) is 12.8 Å². The number of piperidine rings is 1. The quantitative estimate of drug-likeness (QED) is 0.852. The van der Waals surface area contributed by atoms with E-state index in [0.717, 1.165) is 61.3 Å². The molecule has 2 aliphatic heterocycles. The molecule has 7 heteroatoms. The molecule has 0 radical (unpaired) electrons. The molecule has 0 saturated carbocycles. The maximum atomic E-state index is 12.5. The molecule has 0 atom stereocenters. The van der Waals surface area contributed by atoms with Crippen molar-refractivity contribution < 1.29 is 9.84 Å². The molecule has 0 aliphatic carbocycles. The molecule has 27 heavy (non-hydrogen) atoms. The number of pyridine rings is 1. The number of nitrogens with one attached hydrogen (secondary N) is 1. The molecule has 2 fully saturated rings. The number of rotatable bonds is 3. The number of morpholine rings is 1. The predicted octanol–water partition coefficient (Wildman–Crippen LogP) is 1.45. The number of anilines is 2. The minimum atomic E-state index is -0.344. The fraction of sp³-hybridized carbons (Fsp3) is 0.500. The van der Waals surface area contributed by atoms with Crippen LogP contribution in [0.2, 0.25) is 0 Å². The van der Waals surface area contributed by atoms with E-state index in [9.17, 15) is 15.2 Å². The monoisotopic (exact) mass is 368 g/mol. The lowest BCUT2D eigenvalue weighted by molar-refractivity contribution is 0.122. The highest BCUT2D eigenvalue weighted by Crippen LogP contribution is 2.33. The molecule has 7 nitrogen and oxygen atoms in total. The predicted molar refractivity (Wildman–Crippen MR) is 104 cm³/mol. The summed E-state index contributed by atoms with van der Waals surface area (Å²) in [5.41, 5.74) is 2.37. The molecule has 1 aromatic carbocycles. The first-order chi connectivity index (χ1) is 13.2. The number of aromatic amines is 1. The van der Waals surface area contributed by atoms with Gasteiger partial charge < -0.3 is 24.6 Å². The minimum absolute atomic E-state index is 0.170. The number of aromatic nitrogens is 1. The Bertz CT molecular complexity index is 919. The molecule has 0 spiro atoms. The van der Waals surface area contributed by atoms with Crippen LogP contribution in [0.3, 0.4) is 0 Å². The highest BCUT2D eigenvalue weighted by molar-refractivity contribution is 5.96. The molecule has 0 unspecified atom stereocenters. The van der Waals surface area contributed by atoms with Gasteiger partial charge in [0.1, 0.15) is 11.6 Å². The molecule has 2 N–H and O–H groups in total. The summed E-state index contributed by atoms with van der Waals surface area (Å²) in [6.45, 7) is 4.73. The smallest absolute Gasteiger partial charge is 0.268 e. The van der Waals surface area contributed by atoms with Gasteiger partial charge in [-0.15, -0.1) is 0 Å². The van der Waals surface area contributed by atoms with Gasteiger partial charge in [0, 0.05) is 43.9 Å². The summed E-state index contributed by atoms with van der Waals surface area (Å²) in [5, 5.41) is 19.9. The van der Waals surface area contributed by atoms with Gasteiger partial charge in [-0.2, -0.15) is 5.26 Å². The van der Waals surface area contributed by atoms with E-state index in [1.807, 2.05) is 12.1 Å². The number of ether oxygens (including phenoxy) is 1. The number of hydrogen-bond acceptors (Lipinski definition) is 6. The van der Waals surface area contributed by atoms with Crippen LogP contribution in [0, 0.1) is 17.2 Å². The molecular weight excluding hydrogens is 344 g/mol. The Hall–Kier alpha value is -2.56. The zero-order valence-electron chi connectivity index (χ0n) is 15.3. The van der Waals surface area contributed by atoms with Crippen molar-refractivity contribution in [3.8, 4) is 6.07 Å². The second-order valence-corrected chi connectivity index (χ2v) is 7.23. The zero-order valence-corrected chi connectivity index (χ0v) is 15.3. The van der Waals surface area contributed by atoms with Gasteiger partial charge in [0.05, 0.1) is 24.4 Å². The van der Waals surface area contributed by atoms with Crippen LogP contribution in [0.1, 0.15) is 18.4 Å². The lowest BCUT2D eigenvalue weighted by atomic mass is 9.96. The molecular formula is C20H24N4O3. The summed E-state index contributed by atoms with van der Waals surface area (Å²) in [7, 11) is 0. The number of benzene rings is 1. The van der Waals surface area contributed by atoms with Crippen LogP contribution < -0.4 is 15.4 Å². The third kappa shape index (κ3) is 3.38. The van der Waals surface area contributed by atoms with Gasteiger partial charge in [-0.25, -0.2) is 0 Å². The second kappa shape index (κ2) is 7.59. The average molecular weight is 368 g/mol. The Kier molecular flexibility index (Phi) is 5.01. The van der Waals surface area contributed by atoms with E-state index in [0.29, 0.717) is 19.1 Å². The molecule has 2 saturated heterocycles. The van der Waals surface area contributed by atoms with Crippen LogP contribution in [0.15, 0.2) is 23.0 Å². The summed E-state index contributed by atoms with van der Waals surface area (Å²) < 4.78 is 5.44. The van der Waals surface area contributed by atoms with Gasteiger partial charge in [-0.3, -0.25) is 4.79 Å². The van der Waals surface area contributed by atoms with Crippen LogP contribution in [-0.2, 0) is 4.74 Å². The van der Waals surface area contributed by atoms with Gasteiger partial charge in [0.25, 0.3) is 5.56 Å². The standard InChI is InChI=1S/C20H24N4O3/c21-12-17-19(24-5-3-14(13-25)4-6-24)16-11-15(23-7-9-27-10-8-23)1-2-18(16)22-20(17)26/h1-2,11,14,25H,3-10,13H2,(H,22,26). The highest BCUT2D eigenvalue weighted by Gasteiger charge is 2.24. The topological polar surface area (TPSA) is 92.6 Å². The largest absolute Gasteiger partial charge is 0.396 e. The molecule has 1 aromatic heterocycles. The number of hydrogen-bond donors (Lipinski definition) is 2. The van der Waals surface area contributed by atoms with E-state index in [2.05, 4.69) is 26.9 Å². The maximum absolute atomic E-state index is 12.5. The van der Waals surface area contributed by atoms with Crippen molar-refractivity contribution >= 4 is 22.3 Å². The highest BCUT2D eigenvalue weighted by atomic mass is 16.5. The number of H-pyrrole nitrogens is 1. The van der Waals surface area contributed by atoms with E-state index >= 15 is 0 Å². The van der Waals surface area contributed by atoms with Crippen molar-refractivity contribution in [2.24, 2.45) is 5.92 Å². The first-order valence-electron chi connectivity index (χ1n) is 9.50. The normalized spacial score (nSPS) is 18.7.